The molecule has 1 fully saturated rings. The first-order valence-corrected chi connectivity index (χ1v) is 7.79. The molecule has 0 radical (unpaired) electrons. The Morgan fingerprint density at radius 2 is 2.23 bits per heavy atom. The van der Waals surface area contributed by atoms with E-state index in [4.69, 9.17) is 22.7 Å². The van der Waals surface area contributed by atoms with Gasteiger partial charge in [-0.1, -0.05) is 6.07 Å². The van der Waals surface area contributed by atoms with E-state index in [-0.39, 0.29) is 11.7 Å². The molecule has 1 saturated heterocycles. The topological polar surface area (TPSA) is 62.9 Å². The summed E-state index contributed by atoms with van der Waals surface area (Å²) in [6, 6.07) is 4.90. The first-order chi connectivity index (χ1) is 10.5. The third-order valence-electron chi connectivity index (χ3n) is 4.09. The molecule has 0 amide bonds. The molecular formula is C15H19FN4OS. The highest BCUT2D eigenvalue weighted by atomic mass is 32.1. The predicted octanol–water partition coefficient (Wildman–Crippen LogP) is 2.07. The Bertz CT molecular complexity index is 626. The molecule has 1 spiro atoms. The van der Waals surface area contributed by atoms with E-state index < -0.39 is 5.66 Å². The number of hydrogen-bond acceptors (Lipinski definition) is 5. The molecule has 0 aromatic heterocycles. The number of thiocarbonyl (C=S) groups is 1. The standard InChI is InChI=1S/C15H19FN4OS/c1-2-21-14(22)20-8-6-15(7-9-20)18-11-5-3-4-10(16)12(11)13(17)19-15/h3-5,18H,2,6-9H2,1H3,(H2,17,19). The summed E-state index contributed by atoms with van der Waals surface area (Å²) in [5.41, 5.74) is 6.58. The highest BCUT2D eigenvalue weighted by molar-refractivity contribution is 7.80. The summed E-state index contributed by atoms with van der Waals surface area (Å²) in [7, 11) is 0. The van der Waals surface area contributed by atoms with E-state index in [1.807, 2.05) is 17.9 Å². The number of amidine groups is 1. The first kappa shape index (κ1) is 15.0. The van der Waals surface area contributed by atoms with Crippen LogP contribution in [0.1, 0.15) is 25.3 Å². The zero-order chi connectivity index (χ0) is 15.7. The first-order valence-electron chi connectivity index (χ1n) is 7.39. The molecule has 1 aromatic rings. The highest BCUT2D eigenvalue weighted by Crippen LogP contribution is 2.35. The van der Waals surface area contributed by atoms with E-state index in [1.54, 1.807) is 6.07 Å². The van der Waals surface area contributed by atoms with Crippen molar-refractivity contribution in [2.75, 3.05) is 25.0 Å². The van der Waals surface area contributed by atoms with Crippen molar-refractivity contribution in [3.05, 3.63) is 29.6 Å². The molecule has 0 aliphatic carbocycles. The lowest BCUT2D eigenvalue weighted by atomic mass is 9.94. The molecule has 3 rings (SSSR count). The number of halogens is 1. The fourth-order valence-corrected chi connectivity index (χ4v) is 3.26. The Balaban J connectivity index is 1.78. The van der Waals surface area contributed by atoms with Crippen molar-refractivity contribution in [3.8, 4) is 0 Å². The molecule has 2 aliphatic rings. The molecule has 3 N–H and O–H groups in total. The van der Waals surface area contributed by atoms with Crippen molar-refractivity contribution in [1.82, 2.24) is 4.90 Å². The molecule has 118 valence electrons. The normalized spacial score (nSPS) is 19.2. The van der Waals surface area contributed by atoms with Crippen LogP contribution in [0.15, 0.2) is 23.2 Å². The van der Waals surface area contributed by atoms with Crippen LogP contribution in [-0.2, 0) is 4.74 Å². The summed E-state index contributed by atoms with van der Waals surface area (Å²) >= 11 is 5.24. The van der Waals surface area contributed by atoms with Crippen molar-refractivity contribution in [2.45, 2.75) is 25.4 Å². The minimum Gasteiger partial charge on any atom is -0.471 e. The van der Waals surface area contributed by atoms with Gasteiger partial charge < -0.3 is 20.7 Å². The largest absolute Gasteiger partial charge is 0.471 e. The maximum Gasteiger partial charge on any atom is 0.259 e. The number of nitrogens with one attached hydrogen (secondary N) is 1. The second kappa shape index (κ2) is 5.72. The summed E-state index contributed by atoms with van der Waals surface area (Å²) in [4.78, 5) is 6.57. The van der Waals surface area contributed by atoms with E-state index in [0.717, 1.165) is 25.9 Å². The van der Waals surface area contributed by atoms with Gasteiger partial charge in [0.1, 0.15) is 17.3 Å². The number of piperidine rings is 1. The number of ether oxygens (including phenoxy) is 1. The molecule has 0 bridgehead atoms. The van der Waals surface area contributed by atoms with E-state index in [0.29, 0.717) is 23.0 Å². The van der Waals surface area contributed by atoms with Crippen molar-refractivity contribution in [1.29, 1.82) is 0 Å². The molecule has 5 nitrogen and oxygen atoms in total. The zero-order valence-corrected chi connectivity index (χ0v) is 13.3. The number of fused-ring (bicyclic) bond motifs is 1. The minimum absolute atomic E-state index is 0.257. The van der Waals surface area contributed by atoms with Gasteiger partial charge in [-0.05, 0) is 31.3 Å². The Morgan fingerprint density at radius 3 is 2.91 bits per heavy atom. The molecule has 2 aliphatic heterocycles. The molecular weight excluding hydrogens is 303 g/mol. The van der Waals surface area contributed by atoms with Crippen molar-refractivity contribution < 1.29 is 9.13 Å². The fraction of sp³-hybridized carbons (Fsp3) is 0.467. The molecule has 7 heteroatoms. The maximum absolute atomic E-state index is 13.9. The van der Waals surface area contributed by atoms with Gasteiger partial charge in [0.15, 0.2) is 0 Å². The van der Waals surface area contributed by atoms with E-state index >= 15 is 0 Å². The van der Waals surface area contributed by atoms with Gasteiger partial charge in [-0.15, -0.1) is 0 Å². The number of aliphatic imine (C=N–C) groups is 1. The van der Waals surface area contributed by atoms with Crippen LogP contribution in [-0.4, -0.2) is 41.3 Å². The Morgan fingerprint density at radius 1 is 1.50 bits per heavy atom. The maximum atomic E-state index is 13.9. The van der Waals surface area contributed by atoms with E-state index in [1.165, 1.54) is 6.07 Å². The number of nitrogens with two attached hydrogens (primary N) is 1. The van der Waals surface area contributed by atoms with Crippen LogP contribution >= 0.6 is 12.2 Å². The van der Waals surface area contributed by atoms with Crippen LogP contribution < -0.4 is 11.1 Å². The number of anilines is 1. The minimum atomic E-state index is -0.483. The summed E-state index contributed by atoms with van der Waals surface area (Å²) in [6.45, 7) is 3.94. The number of hydrogen-bond donors (Lipinski definition) is 2. The van der Waals surface area contributed by atoms with Gasteiger partial charge in [-0.3, -0.25) is 0 Å². The second-order valence-electron chi connectivity index (χ2n) is 5.50. The van der Waals surface area contributed by atoms with Gasteiger partial charge in [0.05, 0.1) is 12.2 Å². The number of benzene rings is 1. The van der Waals surface area contributed by atoms with Crippen molar-refractivity contribution in [3.63, 3.8) is 0 Å². The van der Waals surface area contributed by atoms with Crippen LogP contribution in [0, 0.1) is 5.82 Å². The fourth-order valence-electron chi connectivity index (χ4n) is 2.96. The molecule has 2 heterocycles. The van der Waals surface area contributed by atoms with Crippen LogP contribution in [0.2, 0.25) is 0 Å². The number of nitrogens with zero attached hydrogens (tertiary/aromatic N) is 2. The van der Waals surface area contributed by atoms with Crippen molar-refractivity contribution in [2.24, 2.45) is 10.7 Å². The van der Waals surface area contributed by atoms with Gasteiger partial charge in [-0.25, -0.2) is 9.38 Å². The lowest BCUT2D eigenvalue weighted by Gasteiger charge is -2.43. The highest BCUT2D eigenvalue weighted by Gasteiger charge is 2.39. The third kappa shape index (κ3) is 2.61. The average molecular weight is 322 g/mol. The summed E-state index contributed by atoms with van der Waals surface area (Å²) in [6.07, 6.45) is 1.47. The number of likely N-dealkylation sites (tertiary alicyclic amines) is 1. The summed E-state index contributed by atoms with van der Waals surface area (Å²) < 4.78 is 19.3. The third-order valence-corrected chi connectivity index (χ3v) is 4.46. The quantitative estimate of drug-likeness (QED) is 0.775. The number of rotatable bonds is 1. The smallest absolute Gasteiger partial charge is 0.259 e. The SMILES string of the molecule is CCOC(=S)N1CCC2(CC1)N=C(N)c1c(F)cccc1N2. The van der Waals surface area contributed by atoms with Gasteiger partial charge in [-0.2, -0.15) is 0 Å². The molecule has 0 saturated carbocycles. The Hall–Kier alpha value is -1.89. The molecule has 22 heavy (non-hydrogen) atoms. The van der Waals surface area contributed by atoms with Crippen LogP contribution in [0.25, 0.3) is 0 Å². The van der Waals surface area contributed by atoms with Crippen LogP contribution in [0.4, 0.5) is 10.1 Å². The van der Waals surface area contributed by atoms with Gasteiger partial charge in [0.25, 0.3) is 5.17 Å². The lowest BCUT2D eigenvalue weighted by molar-refractivity contribution is 0.198. The monoisotopic (exact) mass is 322 g/mol. The summed E-state index contributed by atoms with van der Waals surface area (Å²) in [5.74, 6) is -0.0938. The van der Waals surface area contributed by atoms with Gasteiger partial charge in [0.2, 0.25) is 0 Å². The average Bonchev–Trinajstić information content (AvgIpc) is 2.47. The van der Waals surface area contributed by atoms with Crippen LogP contribution in [0.3, 0.4) is 0 Å². The lowest BCUT2D eigenvalue weighted by Crippen LogP contribution is -2.52. The molecule has 1 aromatic carbocycles. The molecule has 0 atom stereocenters. The van der Waals surface area contributed by atoms with E-state index in [2.05, 4.69) is 10.3 Å². The van der Waals surface area contributed by atoms with E-state index in [9.17, 15) is 4.39 Å². The second-order valence-corrected chi connectivity index (χ2v) is 5.85. The Labute approximate surface area is 134 Å². The van der Waals surface area contributed by atoms with Crippen molar-refractivity contribution >= 4 is 28.9 Å². The van der Waals surface area contributed by atoms with Gasteiger partial charge >= 0.3 is 0 Å². The summed E-state index contributed by atoms with van der Waals surface area (Å²) in [5, 5.41) is 3.88. The Kier molecular flexibility index (Phi) is 3.90. The zero-order valence-electron chi connectivity index (χ0n) is 12.4. The molecule has 0 unspecified atom stereocenters. The van der Waals surface area contributed by atoms with Crippen LogP contribution in [0.5, 0.6) is 0 Å². The predicted molar refractivity (Wildman–Crippen MR) is 88.5 cm³/mol. The van der Waals surface area contributed by atoms with Gasteiger partial charge in [0, 0.05) is 31.6 Å².